The lowest BCUT2D eigenvalue weighted by Gasteiger charge is -2.28. The summed E-state index contributed by atoms with van der Waals surface area (Å²) in [6, 6.07) is 8.22. The molecule has 0 atom stereocenters. The van der Waals surface area contributed by atoms with Crippen LogP contribution in [0.25, 0.3) is 0 Å². The first-order valence-electron chi connectivity index (χ1n) is 7.18. The predicted molar refractivity (Wildman–Crippen MR) is 83.8 cm³/mol. The summed E-state index contributed by atoms with van der Waals surface area (Å²) in [6.45, 7) is 6.52. The van der Waals surface area contributed by atoms with Crippen molar-refractivity contribution in [2.45, 2.75) is 13.5 Å². The van der Waals surface area contributed by atoms with E-state index in [0.717, 1.165) is 43.7 Å². The average Bonchev–Trinajstić information content (AvgIpc) is 3.02. The van der Waals surface area contributed by atoms with E-state index in [9.17, 15) is 0 Å². The molecule has 1 aromatic carbocycles. The van der Waals surface area contributed by atoms with Crippen LogP contribution in [-0.4, -0.2) is 26.3 Å². The first kappa shape index (κ1) is 14.2. The molecular formula is C15H19N4OS+. The van der Waals surface area contributed by atoms with Gasteiger partial charge in [-0.05, 0) is 47.6 Å². The first-order chi connectivity index (χ1) is 10.4. The second kappa shape index (κ2) is 6.78. The molecule has 1 aromatic heterocycles. The lowest BCUT2D eigenvalue weighted by atomic mass is 10.2. The fourth-order valence-corrected chi connectivity index (χ4v) is 3.01. The van der Waals surface area contributed by atoms with Gasteiger partial charge in [-0.25, -0.2) is 4.57 Å². The largest absolute Gasteiger partial charge is 0.408 e. The molecule has 2 heterocycles. The van der Waals surface area contributed by atoms with Crippen LogP contribution < -0.4 is 9.47 Å². The zero-order chi connectivity index (χ0) is 14.5. The fourth-order valence-electron chi connectivity index (χ4n) is 2.27. The highest BCUT2D eigenvalue weighted by Crippen LogP contribution is 2.23. The zero-order valence-electron chi connectivity index (χ0n) is 12.1. The highest BCUT2D eigenvalue weighted by atomic mass is 32.1. The summed E-state index contributed by atoms with van der Waals surface area (Å²) in [7, 11) is 0. The van der Waals surface area contributed by atoms with Gasteiger partial charge in [0.15, 0.2) is 0 Å². The van der Waals surface area contributed by atoms with Crippen molar-refractivity contribution in [3.05, 3.63) is 35.8 Å². The third-order valence-electron chi connectivity index (χ3n) is 3.48. The van der Waals surface area contributed by atoms with Crippen molar-refractivity contribution >= 4 is 27.8 Å². The maximum Gasteiger partial charge on any atom is 0.408 e. The van der Waals surface area contributed by atoms with Gasteiger partial charge in [-0.3, -0.25) is 0 Å². The SMILES string of the molecule is CC[n+]1ccsc1N=Nc1ccc(N2CCOCC2)cc1. The number of ether oxygens (including phenoxy) is 1. The highest BCUT2D eigenvalue weighted by Gasteiger charge is 2.12. The van der Waals surface area contributed by atoms with Gasteiger partial charge in [0.05, 0.1) is 24.9 Å². The smallest absolute Gasteiger partial charge is 0.378 e. The average molecular weight is 303 g/mol. The van der Waals surface area contributed by atoms with E-state index >= 15 is 0 Å². The van der Waals surface area contributed by atoms with Gasteiger partial charge in [0.2, 0.25) is 0 Å². The summed E-state index contributed by atoms with van der Waals surface area (Å²) in [5, 5.41) is 11.6. The molecule has 2 aromatic rings. The quantitative estimate of drug-likeness (QED) is 0.642. The van der Waals surface area contributed by atoms with Gasteiger partial charge in [-0.2, -0.15) is 0 Å². The Labute approximate surface area is 128 Å². The molecule has 1 saturated heterocycles. The molecule has 0 radical (unpaired) electrons. The van der Waals surface area contributed by atoms with Crippen molar-refractivity contribution in [1.29, 1.82) is 0 Å². The van der Waals surface area contributed by atoms with Gasteiger partial charge in [-0.15, -0.1) is 0 Å². The highest BCUT2D eigenvalue weighted by molar-refractivity contribution is 7.12. The van der Waals surface area contributed by atoms with E-state index in [1.54, 1.807) is 11.3 Å². The Morgan fingerprint density at radius 3 is 2.67 bits per heavy atom. The molecule has 0 unspecified atom stereocenters. The lowest BCUT2D eigenvalue weighted by Crippen LogP contribution is -2.36. The molecule has 0 bridgehead atoms. The third kappa shape index (κ3) is 3.46. The molecule has 1 fully saturated rings. The summed E-state index contributed by atoms with van der Waals surface area (Å²) >= 11 is 1.60. The topological polar surface area (TPSA) is 41.1 Å². The second-order valence-corrected chi connectivity index (χ2v) is 5.66. The van der Waals surface area contributed by atoms with Crippen LogP contribution in [0.15, 0.2) is 46.1 Å². The number of aryl methyl sites for hydroxylation is 1. The number of azo groups is 1. The molecule has 110 valence electrons. The maximum absolute atomic E-state index is 5.37. The molecule has 0 N–H and O–H groups in total. The van der Waals surface area contributed by atoms with Crippen LogP contribution in [0.2, 0.25) is 0 Å². The summed E-state index contributed by atoms with van der Waals surface area (Å²) < 4.78 is 7.45. The van der Waals surface area contributed by atoms with Crippen molar-refractivity contribution in [2.75, 3.05) is 31.2 Å². The minimum Gasteiger partial charge on any atom is -0.378 e. The monoisotopic (exact) mass is 303 g/mol. The van der Waals surface area contributed by atoms with E-state index < -0.39 is 0 Å². The van der Waals surface area contributed by atoms with Crippen LogP contribution in [0.4, 0.5) is 16.5 Å². The number of rotatable bonds is 4. The Morgan fingerprint density at radius 1 is 1.19 bits per heavy atom. The van der Waals surface area contributed by atoms with Crippen molar-refractivity contribution in [3.8, 4) is 0 Å². The summed E-state index contributed by atoms with van der Waals surface area (Å²) in [6.07, 6.45) is 2.03. The van der Waals surface area contributed by atoms with Crippen LogP contribution in [0, 0.1) is 0 Å². The minimum atomic E-state index is 0.802. The van der Waals surface area contributed by atoms with E-state index in [0.29, 0.717) is 0 Å². The van der Waals surface area contributed by atoms with Gasteiger partial charge in [0.1, 0.15) is 11.9 Å². The van der Waals surface area contributed by atoms with Crippen molar-refractivity contribution in [2.24, 2.45) is 10.2 Å². The summed E-state index contributed by atoms with van der Waals surface area (Å²) in [5.74, 6) is 0. The number of nitrogens with zero attached hydrogens (tertiary/aromatic N) is 4. The minimum absolute atomic E-state index is 0.802. The number of hydrogen-bond acceptors (Lipinski definition) is 5. The molecule has 5 nitrogen and oxygen atoms in total. The summed E-state index contributed by atoms with van der Waals surface area (Å²) in [4.78, 5) is 2.33. The molecule has 0 amide bonds. The molecule has 1 aliphatic heterocycles. The van der Waals surface area contributed by atoms with Crippen LogP contribution in [-0.2, 0) is 11.3 Å². The third-order valence-corrected chi connectivity index (χ3v) is 4.26. The van der Waals surface area contributed by atoms with Gasteiger partial charge in [-0.1, -0.05) is 0 Å². The molecule has 1 aliphatic rings. The number of thiazole rings is 1. The van der Waals surface area contributed by atoms with E-state index in [1.165, 1.54) is 5.69 Å². The molecule has 3 rings (SSSR count). The van der Waals surface area contributed by atoms with Crippen LogP contribution in [0.5, 0.6) is 0 Å². The Hall–Kier alpha value is -1.79. The number of benzene rings is 1. The molecular weight excluding hydrogens is 284 g/mol. The van der Waals surface area contributed by atoms with Crippen molar-refractivity contribution in [3.63, 3.8) is 0 Å². The van der Waals surface area contributed by atoms with Gasteiger partial charge < -0.3 is 9.64 Å². The second-order valence-electron chi connectivity index (χ2n) is 4.79. The van der Waals surface area contributed by atoms with E-state index in [4.69, 9.17) is 4.74 Å². The van der Waals surface area contributed by atoms with Crippen LogP contribution >= 0.6 is 11.3 Å². The Kier molecular flexibility index (Phi) is 4.57. The number of aromatic nitrogens is 1. The molecule has 0 aliphatic carbocycles. The van der Waals surface area contributed by atoms with E-state index in [-0.39, 0.29) is 0 Å². The van der Waals surface area contributed by atoms with Crippen molar-refractivity contribution < 1.29 is 9.30 Å². The predicted octanol–water partition coefficient (Wildman–Crippen LogP) is 3.31. The molecule has 6 heteroatoms. The Bertz CT molecular complexity index is 602. The van der Waals surface area contributed by atoms with Gasteiger partial charge in [0.25, 0.3) is 0 Å². The van der Waals surface area contributed by atoms with E-state index in [2.05, 4.69) is 38.8 Å². The first-order valence-corrected chi connectivity index (χ1v) is 8.06. The number of anilines is 1. The fraction of sp³-hybridized carbons (Fsp3) is 0.400. The van der Waals surface area contributed by atoms with Crippen LogP contribution in [0.3, 0.4) is 0 Å². The molecule has 0 spiro atoms. The van der Waals surface area contributed by atoms with Crippen LogP contribution in [0.1, 0.15) is 6.92 Å². The number of hydrogen-bond donors (Lipinski definition) is 0. The summed E-state index contributed by atoms with van der Waals surface area (Å²) in [5.41, 5.74) is 2.10. The Balaban J connectivity index is 1.69. The van der Waals surface area contributed by atoms with Gasteiger partial charge >= 0.3 is 5.13 Å². The lowest BCUT2D eigenvalue weighted by molar-refractivity contribution is -0.676. The zero-order valence-corrected chi connectivity index (χ0v) is 12.9. The molecule has 0 saturated carbocycles. The normalized spacial score (nSPS) is 15.8. The molecule has 21 heavy (non-hydrogen) atoms. The standard InChI is InChI=1S/C15H19N4OS/c1-2-18-9-12-21-15(18)17-16-13-3-5-14(6-4-13)19-7-10-20-11-8-19/h3-6,9,12H,2,7-8,10-11H2,1H3/q+1. The Morgan fingerprint density at radius 2 is 1.95 bits per heavy atom. The van der Waals surface area contributed by atoms with E-state index in [1.807, 2.05) is 23.7 Å². The van der Waals surface area contributed by atoms with Crippen molar-refractivity contribution in [1.82, 2.24) is 0 Å². The maximum atomic E-state index is 5.37. The van der Waals surface area contributed by atoms with Gasteiger partial charge in [0, 0.05) is 24.2 Å². The number of morpholine rings is 1.